The van der Waals surface area contributed by atoms with E-state index in [-0.39, 0.29) is 24.7 Å². The number of carbonyl (C=O) groups excluding carboxylic acids is 1. The molecule has 4 saturated heterocycles. The average Bonchev–Trinajstić information content (AvgIpc) is 0.730. The molecule has 0 radical (unpaired) electrons. The minimum Gasteiger partial charge on any atom is -0.479 e. The maximum Gasteiger partial charge on any atom is 0.335 e. The third kappa shape index (κ3) is 10.5. The lowest BCUT2D eigenvalue weighted by Gasteiger charge is -2.72. The van der Waals surface area contributed by atoms with Gasteiger partial charge in [0.25, 0.3) is 0 Å². The highest BCUT2D eigenvalue weighted by Crippen LogP contribution is 2.76. The first-order valence-corrected chi connectivity index (χ1v) is 29.1. The van der Waals surface area contributed by atoms with Gasteiger partial charge in [-0.15, -0.1) is 0 Å². The van der Waals surface area contributed by atoms with Gasteiger partial charge in [-0.2, -0.15) is 0 Å². The lowest BCUT2D eigenvalue weighted by atomic mass is 9.33. The zero-order valence-electron chi connectivity index (χ0n) is 48.3. The molecule has 9 aliphatic rings. The van der Waals surface area contributed by atoms with Crippen molar-refractivity contribution in [1.29, 1.82) is 0 Å². The van der Waals surface area contributed by atoms with Gasteiger partial charge in [0.05, 0.1) is 50.7 Å². The Morgan fingerprint density at radius 2 is 1.29 bits per heavy atom. The molecule has 15 N–H and O–H groups in total. The van der Waals surface area contributed by atoms with Crippen LogP contribution in [0.1, 0.15) is 100 Å². The van der Waals surface area contributed by atoms with Gasteiger partial charge in [-0.25, -0.2) is 9.59 Å². The first kappa shape index (κ1) is 65.0. The fraction of sp³-hybridized carbons (Fsp3) is 0.895. The molecule has 0 aromatic rings. The third-order valence-corrected chi connectivity index (χ3v) is 22.1. The summed E-state index contributed by atoms with van der Waals surface area (Å²) >= 11 is 0. The van der Waals surface area contributed by atoms with E-state index in [0.717, 1.165) is 5.57 Å². The Morgan fingerprint density at radius 1 is 0.663 bits per heavy atom. The fourth-order valence-corrected chi connectivity index (χ4v) is 16.8. The SMILES string of the molecule is CC=C(C)C(=O)OC1C(O)C2(CO)C(O)CC3(C)C(=CCC4C5(C)CCC(OC6OC(C(=O)O)C(O)C(OC7OCC(O)C(O)C7OC7OCC(O)C(O)C7O)C6OC6OC(CO)C(O)C(O)C6O)C(C)(CO)C5CCC43C)C2CC1(C)C. The second-order valence-corrected chi connectivity index (χ2v) is 26.9. The van der Waals surface area contributed by atoms with Crippen molar-refractivity contribution in [2.75, 3.05) is 33.0 Å². The van der Waals surface area contributed by atoms with Gasteiger partial charge < -0.3 is 119 Å². The van der Waals surface area contributed by atoms with Crippen LogP contribution in [-0.4, -0.2) is 257 Å². The van der Waals surface area contributed by atoms with Crippen molar-refractivity contribution in [3.63, 3.8) is 0 Å². The first-order chi connectivity index (χ1) is 38.9. The number of aliphatic hydroxyl groups excluding tert-OH is 14. The summed E-state index contributed by atoms with van der Waals surface area (Å²) in [5.41, 5.74) is -3.80. The van der Waals surface area contributed by atoms with Crippen LogP contribution in [0.4, 0.5) is 0 Å². The van der Waals surface area contributed by atoms with Gasteiger partial charge in [0.15, 0.2) is 31.3 Å². The number of rotatable bonds is 14. The van der Waals surface area contributed by atoms with Gasteiger partial charge in [0, 0.05) is 16.4 Å². The highest BCUT2D eigenvalue weighted by atomic mass is 16.8. The predicted molar refractivity (Wildman–Crippen MR) is 280 cm³/mol. The van der Waals surface area contributed by atoms with Crippen molar-refractivity contribution >= 4 is 11.9 Å². The Labute approximate surface area is 481 Å². The molecule has 30 atom stereocenters. The molecule has 0 aromatic carbocycles. The number of aliphatic hydroxyl groups is 14. The Kier molecular flexibility index (Phi) is 18.6. The van der Waals surface area contributed by atoms with Gasteiger partial charge in [-0.05, 0) is 92.8 Å². The molecule has 4 saturated carbocycles. The van der Waals surface area contributed by atoms with Crippen LogP contribution in [-0.2, 0) is 52.2 Å². The normalized spacial score (nSPS) is 52.7. The van der Waals surface area contributed by atoms with Gasteiger partial charge in [-0.3, -0.25) is 0 Å². The second kappa shape index (κ2) is 23.8. The molecule has 30 unspecified atom stereocenters. The highest BCUT2D eigenvalue weighted by Gasteiger charge is 2.73. The largest absolute Gasteiger partial charge is 0.479 e. The van der Waals surface area contributed by atoms with E-state index in [1.54, 1.807) is 19.9 Å². The molecule has 4 heterocycles. The number of fused-ring (bicyclic) bond motifs is 7. The molecule has 4 aliphatic heterocycles. The van der Waals surface area contributed by atoms with Crippen LogP contribution in [0, 0.1) is 50.2 Å². The number of carboxylic acid groups (broad SMARTS) is 1. The van der Waals surface area contributed by atoms with Crippen molar-refractivity contribution in [2.45, 2.75) is 235 Å². The summed E-state index contributed by atoms with van der Waals surface area (Å²) in [6.07, 6.45) is -32.2. The maximum atomic E-state index is 13.2. The number of allylic oxidation sites excluding steroid dienone is 3. The van der Waals surface area contributed by atoms with Crippen LogP contribution in [0.2, 0.25) is 0 Å². The summed E-state index contributed by atoms with van der Waals surface area (Å²) in [4.78, 5) is 26.3. The van der Waals surface area contributed by atoms with Gasteiger partial charge in [0.1, 0.15) is 91.6 Å². The lowest BCUT2D eigenvalue weighted by Crippen LogP contribution is -2.72. The van der Waals surface area contributed by atoms with E-state index in [9.17, 15) is 86.2 Å². The van der Waals surface area contributed by atoms with E-state index in [0.29, 0.717) is 37.7 Å². The number of esters is 1. The Bertz CT molecular complexity index is 2390. The van der Waals surface area contributed by atoms with Gasteiger partial charge >= 0.3 is 11.9 Å². The monoisotopic (exact) mass is 1190 g/mol. The minimum absolute atomic E-state index is 0.0901. The number of ether oxygens (including phenoxy) is 9. The van der Waals surface area contributed by atoms with E-state index < -0.39 is 218 Å². The number of hydrogen-bond acceptors (Lipinski definition) is 25. The Hall–Kier alpha value is -2.46. The average molecular weight is 1190 g/mol. The fourth-order valence-electron chi connectivity index (χ4n) is 16.8. The van der Waals surface area contributed by atoms with Gasteiger partial charge in [-0.1, -0.05) is 59.3 Å². The number of carboxylic acids is 1. The summed E-state index contributed by atoms with van der Waals surface area (Å²) < 4.78 is 54.3. The topological polar surface area (TPSA) is 421 Å². The number of carbonyl (C=O) groups is 2. The molecular formula is C57H90O26. The van der Waals surface area contributed by atoms with Gasteiger partial charge in [0.2, 0.25) is 0 Å². The Balaban J connectivity index is 1.04. The summed E-state index contributed by atoms with van der Waals surface area (Å²) in [5.74, 6) is -3.24. The van der Waals surface area contributed by atoms with E-state index in [1.807, 2.05) is 20.8 Å². The van der Waals surface area contributed by atoms with Crippen LogP contribution in [0.3, 0.4) is 0 Å². The standard InChI is InChI=1S/C57H90O26/c1-9-23(2)47(74)83-45-44(71)57(22-60)25(16-52(45,3)4)24-10-11-30-53(5)14-13-32(54(6,21-59)29(53)12-15-55(30,7)56(24,8)17-31(57)63)78-51-43(82-49-38(69)36(67)35(66)28(18-58)77-49)40(39(70)41(80-51)46(72)73)79-50-42(34(65)27(62)20-76-50)81-48-37(68)33(64)26(61)19-75-48/h9-10,25-45,48-51,58-71H,11-22H2,1-8H3,(H,72,73). The summed E-state index contributed by atoms with van der Waals surface area (Å²) in [7, 11) is 0. The van der Waals surface area contributed by atoms with Crippen molar-refractivity contribution in [1.82, 2.24) is 0 Å². The molecule has 83 heavy (non-hydrogen) atoms. The van der Waals surface area contributed by atoms with Crippen molar-refractivity contribution in [2.24, 2.45) is 50.2 Å². The van der Waals surface area contributed by atoms with Crippen molar-refractivity contribution in [3.05, 3.63) is 23.3 Å². The molecule has 9 rings (SSSR count). The zero-order valence-corrected chi connectivity index (χ0v) is 48.3. The zero-order chi connectivity index (χ0) is 61.0. The molecule has 0 spiro atoms. The second-order valence-electron chi connectivity index (χ2n) is 26.9. The molecule has 0 bridgehead atoms. The first-order valence-electron chi connectivity index (χ1n) is 29.1. The molecule has 0 amide bonds. The molecular weight excluding hydrogens is 1100 g/mol. The van der Waals surface area contributed by atoms with E-state index >= 15 is 0 Å². The lowest BCUT2D eigenvalue weighted by molar-refractivity contribution is -0.400. The summed E-state index contributed by atoms with van der Waals surface area (Å²) in [6.45, 7) is 12.5. The smallest absolute Gasteiger partial charge is 0.335 e. The summed E-state index contributed by atoms with van der Waals surface area (Å²) in [5, 5.41) is 167. The van der Waals surface area contributed by atoms with E-state index in [1.165, 1.54) is 0 Å². The minimum atomic E-state index is -2.25. The highest BCUT2D eigenvalue weighted by molar-refractivity contribution is 5.87. The molecule has 26 heteroatoms. The molecule has 0 aromatic heterocycles. The summed E-state index contributed by atoms with van der Waals surface area (Å²) in [6, 6.07) is 0. The molecule has 5 aliphatic carbocycles. The Morgan fingerprint density at radius 3 is 1.92 bits per heavy atom. The third-order valence-electron chi connectivity index (χ3n) is 22.1. The van der Waals surface area contributed by atoms with Crippen molar-refractivity contribution in [3.8, 4) is 0 Å². The van der Waals surface area contributed by atoms with E-state index in [2.05, 4.69) is 26.8 Å². The van der Waals surface area contributed by atoms with Crippen LogP contribution >= 0.6 is 0 Å². The van der Waals surface area contributed by atoms with Crippen molar-refractivity contribution < 1.29 is 129 Å². The van der Waals surface area contributed by atoms with Crippen LogP contribution in [0.25, 0.3) is 0 Å². The van der Waals surface area contributed by atoms with Crippen LogP contribution in [0.5, 0.6) is 0 Å². The quantitative estimate of drug-likeness (QED) is 0.0362. The van der Waals surface area contributed by atoms with Crippen LogP contribution < -0.4 is 0 Å². The number of aliphatic carboxylic acids is 1. The van der Waals surface area contributed by atoms with E-state index in [4.69, 9.17) is 42.6 Å². The molecule has 474 valence electrons. The van der Waals surface area contributed by atoms with Crippen LogP contribution in [0.15, 0.2) is 23.3 Å². The predicted octanol–water partition coefficient (Wildman–Crippen LogP) is -2.79. The maximum absolute atomic E-state index is 13.2. The molecule has 26 nitrogen and oxygen atoms in total. The molecule has 8 fully saturated rings. The number of hydrogen-bond donors (Lipinski definition) is 15.